The molecule has 230 valence electrons. The second-order valence-corrected chi connectivity index (χ2v) is 12.2. The first-order valence-electron chi connectivity index (χ1n) is 16.2. The summed E-state index contributed by atoms with van der Waals surface area (Å²) >= 11 is 0. The Kier molecular flexibility index (Phi) is 10.4. The van der Waals surface area contributed by atoms with Crippen LogP contribution in [0.5, 0.6) is 0 Å². The average molecular weight is 587 g/mol. The van der Waals surface area contributed by atoms with Gasteiger partial charge in [0.2, 0.25) is 17.6 Å². The highest BCUT2D eigenvalue weighted by Crippen LogP contribution is 2.30. The van der Waals surface area contributed by atoms with Gasteiger partial charge in [0.1, 0.15) is 11.7 Å². The van der Waals surface area contributed by atoms with Crippen LogP contribution in [0.25, 0.3) is 5.78 Å². The average Bonchev–Trinajstić information content (AvgIpc) is 3.70. The maximum absolute atomic E-state index is 14.3. The smallest absolute Gasteiger partial charge is 0.274 e. The molecule has 2 atom stereocenters. The van der Waals surface area contributed by atoms with Gasteiger partial charge in [0, 0.05) is 50.2 Å². The number of nitrogens with one attached hydrogen (secondary N) is 1. The molecule has 0 unspecified atom stereocenters. The summed E-state index contributed by atoms with van der Waals surface area (Å²) in [6.45, 7) is 5.65. The van der Waals surface area contributed by atoms with Crippen molar-refractivity contribution >= 4 is 23.5 Å². The largest absolute Gasteiger partial charge is 0.344 e. The Morgan fingerprint density at radius 1 is 1.00 bits per heavy atom. The minimum Gasteiger partial charge on any atom is -0.344 e. The van der Waals surface area contributed by atoms with Gasteiger partial charge in [-0.2, -0.15) is 0 Å². The molecule has 1 aromatic carbocycles. The van der Waals surface area contributed by atoms with Gasteiger partial charge < -0.3 is 15.1 Å². The van der Waals surface area contributed by atoms with Gasteiger partial charge in [0.15, 0.2) is 0 Å². The summed E-state index contributed by atoms with van der Waals surface area (Å²) in [4.78, 5) is 54.0. The van der Waals surface area contributed by atoms with Crippen molar-refractivity contribution in [2.45, 2.75) is 90.1 Å². The van der Waals surface area contributed by atoms with E-state index in [1.54, 1.807) is 16.8 Å². The number of carbonyl (C=O) groups excluding carboxylic acids is 3. The van der Waals surface area contributed by atoms with E-state index in [1.165, 1.54) is 6.42 Å². The molecular weight excluding hydrogens is 540 g/mol. The van der Waals surface area contributed by atoms with Crippen molar-refractivity contribution in [3.63, 3.8) is 0 Å². The fraction of sp³-hybridized carbons (Fsp3) is 0.559. The summed E-state index contributed by atoms with van der Waals surface area (Å²) in [5.41, 5.74) is 1.50. The van der Waals surface area contributed by atoms with Gasteiger partial charge in [-0.25, -0.2) is 9.97 Å². The van der Waals surface area contributed by atoms with Gasteiger partial charge in [-0.05, 0) is 62.5 Å². The zero-order valence-corrected chi connectivity index (χ0v) is 25.7. The van der Waals surface area contributed by atoms with Crippen LogP contribution in [-0.2, 0) is 16.0 Å². The Hall–Kier alpha value is -3.75. The van der Waals surface area contributed by atoms with Crippen LogP contribution >= 0.6 is 0 Å². The Morgan fingerprint density at radius 3 is 2.49 bits per heavy atom. The van der Waals surface area contributed by atoms with Crippen LogP contribution in [0, 0.1) is 11.8 Å². The summed E-state index contributed by atoms with van der Waals surface area (Å²) in [6, 6.07) is 11.3. The van der Waals surface area contributed by atoms with Crippen molar-refractivity contribution in [1.82, 2.24) is 29.5 Å². The van der Waals surface area contributed by atoms with E-state index in [2.05, 4.69) is 27.4 Å². The maximum Gasteiger partial charge on any atom is 0.274 e. The number of imidazole rings is 1. The van der Waals surface area contributed by atoms with Gasteiger partial charge in [-0.15, -0.1) is 0 Å². The lowest BCUT2D eigenvalue weighted by Crippen LogP contribution is -2.56. The van der Waals surface area contributed by atoms with Crippen LogP contribution in [0.4, 0.5) is 0 Å². The minimum atomic E-state index is -0.507. The highest BCUT2D eigenvalue weighted by molar-refractivity contribution is 5.93. The van der Waals surface area contributed by atoms with Crippen molar-refractivity contribution in [3.05, 3.63) is 66.2 Å². The molecule has 1 saturated heterocycles. The molecule has 2 aromatic heterocycles. The first-order chi connectivity index (χ1) is 21.0. The Morgan fingerprint density at radius 2 is 1.77 bits per heavy atom. The van der Waals surface area contributed by atoms with Crippen LogP contribution in [-0.4, -0.2) is 73.6 Å². The number of fused-ring (bicyclic) bond motifs is 1. The summed E-state index contributed by atoms with van der Waals surface area (Å²) in [5.74, 6) is 0.397. The number of likely N-dealkylation sites (tertiary alicyclic amines) is 1. The molecule has 1 N–H and O–H groups in total. The van der Waals surface area contributed by atoms with Crippen LogP contribution < -0.4 is 5.32 Å². The summed E-state index contributed by atoms with van der Waals surface area (Å²) < 4.78 is 1.76. The predicted octanol–water partition coefficient (Wildman–Crippen LogP) is 4.91. The third-order valence-electron chi connectivity index (χ3n) is 9.39. The number of aromatic nitrogens is 3. The van der Waals surface area contributed by atoms with E-state index in [-0.39, 0.29) is 35.6 Å². The predicted molar refractivity (Wildman–Crippen MR) is 166 cm³/mol. The number of nitrogens with zero attached hydrogens (tertiary/aromatic N) is 5. The number of benzene rings is 1. The zero-order valence-electron chi connectivity index (χ0n) is 25.7. The lowest BCUT2D eigenvalue weighted by Gasteiger charge is -2.37. The minimum absolute atomic E-state index is 0.00945. The quantitative estimate of drug-likeness (QED) is 0.325. The van der Waals surface area contributed by atoms with E-state index in [0.717, 1.165) is 56.9 Å². The van der Waals surface area contributed by atoms with Crippen molar-refractivity contribution in [2.24, 2.45) is 11.8 Å². The second-order valence-electron chi connectivity index (χ2n) is 12.2. The normalized spacial score (nSPS) is 18.2. The van der Waals surface area contributed by atoms with Crippen LogP contribution in [0.1, 0.15) is 87.7 Å². The van der Waals surface area contributed by atoms with Gasteiger partial charge in [-0.3, -0.25) is 18.8 Å². The first kappa shape index (κ1) is 30.7. The van der Waals surface area contributed by atoms with Crippen LogP contribution in [0.2, 0.25) is 0 Å². The lowest BCUT2D eigenvalue weighted by atomic mass is 9.83. The monoisotopic (exact) mass is 586 g/mol. The molecule has 3 aromatic rings. The fourth-order valence-corrected chi connectivity index (χ4v) is 6.81. The SMILES string of the molecule is CCC(CC)C(=O)N[C@H](C(=O)N1CCC[C@H]1CN(CCc1ccccc1)C(=O)c1cn2cccnc2n1)C1CCCCC1. The maximum atomic E-state index is 14.3. The van der Waals surface area contributed by atoms with Gasteiger partial charge in [0.25, 0.3) is 5.91 Å². The summed E-state index contributed by atoms with van der Waals surface area (Å²) in [7, 11) is 0. The van der Waals surface area contributed by atoms with E-state index < -0.39 is 6.04 Å². The molecular formula is C34H46N6O3. The molecule has 2 fully saturated rings. The lowest BCUT2D eigenvalue weighted by molar-refractivity contribution is -0.140. The topological polar surface area (TPSA) is 99.9 Å². The van der Waals surface area contributed by atoms with E-state index in [0.29, 0.717) is 37.5 Å². The molecule has 43 heavy (non-hydrogen) atoms. The Bertz CT molecular complexity index is 1330. The third kappa shape index (κ3) is 7.43. The molecule has 9 heteroatoms. The van der Waals surface area contributed by atoms with E-state index in [4.69, 9.17) is 0 Å². The van der Waals surface area contributed by atoms with E-state index in [9.17, 15) is 14.4 Å². The van der Waals surface area contributed by atoms with E-state index in [1.807, 2.05) is 54.1 Å². The van der Waals surface area contributed by atoms with Crippen molar-refractivity contribution in [2.75, 3.05) is 19.6 Å². The zero-order chi connectivity index (χ0) is 30.2. The summed E-state index contributed by atoms with van der Waals surface area (Å²) in [6.07, 6.45) is 14.4. The van der Waals surface area contributed by atoms with Crippen molar-refractivity contribution in [3.8, 4) is 0 Å². The molecule has 0 bridgehead atoms. The van der Waals surface area contributed by atoms with Crippen LogP contribution in [0.15, 0.2) is 55.0 Å². The van der Waals surface area contributed by atoms with Crippen LogP contribution in [0.3, 0.4) is 0 Å². The van der Waals surface area contributed by atoms with Gasteiger partial charge in [0.05, 0.1) is 0 Å². The first-order valence-corrected chi connectivity index (χ1v) is 16.2. The number of hydrogen-bond donors (Lipinski definition) is 1. The molecule has 0 spiro atoms. The molecule has 3 heterocycles. The molecule has 5 rings (SSSR count). The van der Waals surface area contributed by atoms with Crippen molar-refractivity contribution < 1.29 is 14.4 Å². The third-order valence-corrected chi connectivity index (χ3v) is 9.39. The number of carbonyl (C=O) groups is 3. The fourth-order valence-electron chi connectivity index (χ4n) is 6.81. The second kappa shape index (κ2) is 14.6. The molecule has 9 nitrogen and oxygen atoms in total. The number of hydrogen-bond acceptors (Lipinski definition) is 5. The van der Waals surface area contributed by atoms with Gasteiger partial charge in [-0.1, -0.05) is 63.4 Å². The molecule has 0 radical (unpaired) electrons. The molecule has 1 saturated carbocycles. The van der Waals surface area contributed by atoms with Gasteiger partial charge >= 0.3 is 0 Å². The molecule has 2 aliphatic rings. The van der Waals surface area contributed by atoms with Crippen molar-refractivity contribution in [1.29, 1.82) is 0 Å². The molecule has 1 aliphatic heterocycles. The highest BCUT2D eigenvalue weighted by Gasteiger charge is 2.39. The Labute approximate surface area is 255 Å². The number of rotatable bonds is 12. The molecule has 3 amide bonds. The highest BCUT2D eigenvalue weighted by atomic mass is 16.2. The number of amides is 3. The Balaban J connectivity index is 1.36. The molecule has 1 aliphatic carbocycles. The van der Waals surface area contributed by atoms with E-state index >= 15 is 0 Å². The standard InChI is InChI=1S/C34H46N6O3/c1-3-26(4-2)31(41)37-30(27-15-9-6-10-16-27)33(43)40-21-11-17-28(40)23-38(22-18-25-13-7-5-8-14-25)32(42)29-24-39-20-12-19-35-34(39)36-29/h5,7-8,12-14,19-20,24,26-28,30H,3-4,6,9-11,15-18,21-23H2,1-2H3,(H,37,41)/t28-,30-/m0/s1. The summed E-state index contributed by atoms with van der Waals surface area (Å²) in [5, 5.41) is 3.22.